The Kier molecular flexibility index (Phi) is 2.94. The molecule has 0 bridgehead atoms. The maximum Gasteiger partial charge on any atom is 0.242 e. The van der Waals surface area contributed by atoms with E-state index < -0.39 is 0 Å². The number of hydrogen-bond acceptors (Lipinski definition) is 2. The normalized spacial score (nSPS) is 16.3. The molecular formula is C15H15ClN2O. The number of rotatable bonds is 3. The second-order valence-electron chi connectivity index (χ2n) is 4.96. The molecule has 0 saturated heterocycles. The lowest BCUT2D eigenvalue weighted by atomic mass is 9.95. The Morgan fingerprint density at radius 2 is 2.05 bits per heavy atom. The smallest absolute Gasteiger partial charge is 0.242 e. The molecule has 1 aromatic carbocycles. The Morgan fingerprint density at radius 1 is 1.37 bits per heavy atom. The third-order valence-electron chi connectivity index (χ3n) is 3.81. The number of halogens is 1. The fourth-order valence-corrected chi connectivity index (χ4v) is 2.66. The van der Waals surface area contributed by atoms with Crippen LogP contribution in [0.3, 0.4) is 0 Å². The predicted octanol–water partition coefficient (Wildman–Crippen LogP) is 3.47. The van der Waals surface area contributed by atoms with E-state index in [2.05, 4.69) is 4.98 Å². The predicted molar refractivity (Wildman–Crippen MR) is 74.6 cm³/mol. The highest BCUT2D eigenvalue weighted by Crippen LogP contribution is 2.49. The van der Waals surface area contributed by atoms with Crippen LogP contribution >= 0.6 is 11.6 Å². The van der Waals surface area contributed by atoms with Crippen molar-refractivity contribution in [2.24, 2.45) is 0 Å². The van der Waals surface area contributed by atoms with Crippen molar-refractivity contribution in [3.8, 4) is 0 Å². The third kappa shape index (κ3) is 1.98. The molecule has 1 aromatic heterocycles. The van der Waals surface area contributed by atoms with E-state index in [0.717, 1.165) is 30.7 Å². The van der Waals surface area contributed by atoms with Crippen LogP contribution in [0.15, 0.2) is 36.7 Å². The molecule has 1 aliphatic carbocycles. The van der Waals surface area contributed by atoms with Gasteiger partial charge in [-0.3, -0.25) is 9.36 Å². The van der Waals surface area contributed by atoms with Gasteiger partial charge in [-0.2, -0.15) is 0 Å². The summed E-state index contributed by atoms with van der Waals surface area (Å²) in [6.07, 6.45) is 6.00. The summed E-state index contributed by atoms with van der Waals surface area (Å²) >= 11 is 5.91. The number of hydrogen-bond donors (Lipinski definition) is 0. The molecule has 0 aliphatic heterocycles. The summed E-state index contributed by atoms with van der Waals surface area (Å²) in [6, 6.07) is 7.60. The molecule has 1 saturated carbocycles. The summed E-state index contributed by atoms with van der Waals surface area (Å²) in [5, 5.41) is 0.698. The molecule has 0 atom stereocenters. The van der Waals surface area contributed by atoms with Gasteiger partial charge < -0.3 is 0 Å². The van der Waals surface area contributed by atoms with Gasteiger partial charge in [-0.05, 0) is 30.5 Å². The van der Waals surface area contributed by atoms with Crippen LogP contribution in [0.25, 0.3) is 0 Å². The van der Waals surface area contributed by atoms with Crippen molar-refractivity contribution in [1.29, 1.82) is 0 Å². The molecule has 98 valence electrons. The fourth-order valence-electron chi connectivity index (χ4n) is 2.53. The van der Waals surface area contributed by atoms with E-state index in [1.807, 2.05) is 31.2 Å². The molecular weight excluding hydrogens is 260 g/mol. The first-order valence-corrected chi connectivity index (χ1v) is 6.88. The van der Waals surface area contributed by atoms with Crippen molar-refractivity contribution in [3.05, 3.63) is 53.1 Å². The van der Waals surface area contributed by atoms with Gasteiger partial charge in [0.1, 0.15) is 5.82 Å². The number of carbonyl (C=O) groups excluding carboxylic acids is 1. The van der Waals surface area contributed by atoms with Crippen molar-refractivity contribution in [1.82, 2.24) is 9.55 Å². The molecule has 0 N–H and O–H groups in total. The van der Waals surface area contributed by atoms with E-state index in [0.29, 0.717) is 5.02 Å². The van der Waals surface area contributed by atoms with E-state index in [1.54, 1.807) is 17.0 Å². The Morgan fingerprint density at radius 3 is 2.63 bits per heavy atom. The fraction of sp³-hybridized carbons (Fsp3) is 0.333. The number of aromatic nitrogens is 2. The Labute approximate surface area is 117 Å². The molecule has 1 heterocycles. The van der Waals surface area contributed by atoms with Crippen LogP contribution < -0.4 is 0 Å². The summed E-state index contributed by atoms with van der Waals surface area (Å²) in [5.41, 5.74) is 0.688. The second-order valence-corrected chi connectivity index (χ2v) is 5.40. The van der Waals surface area contributed by atoms with E-state index in [4.69, 9.17) is 11.6 Å². The SMILES string of the molecule is CCc1nccn1C(=O)C1(c2ccc(Cl)cc2)CC1. The van der Waals surface area contributed by atoms with Gasteiger partial charge in [-0.1, -0.05) is 30.7 Å². The Balaban J connectivity index is 1.97. The van der Waals surface area contributed by atoms with Crippen molar-refractivity contribution < 1.29 is 4.79 Å². The summed E-state index contributed by atoms with van der Waals surface area (Å²) in [4.78, 5) is 17.0. The summed E-state index contributed by atoms with van der Waals surface area (Å²) < 4.78 is 1.70. The van der Waals surface area contributed by atoms with Crippen molar-refractivity contribution >= 4 is 17.5 Å². The molecule has 0 radical (unpaired) electrons. The van der Waals surface area contributed by atoms with E-state index in [1.165, 1.54) is 0 Å². The maximum absolute atomic E-state index is 12.7. The first-order valence-electron chi connectivity index (χ1n) is 6.50. The average Bonchev–Trinajstić information content (AvgIpc) is 3.09. The third-order valence-corrected chi connectivity index (χ3v) is 4.06. The molecule has 1 aliphatic rings. The molecule has 0 unspecified atom stereocenters. The minimum atomic E-state index is -0.366. The highest BCUT2D eigenvalue weighted by Gasteiger charge is 2.52. The summed E-state index contributed by atoms with van der Waals surface area (Å²) in [6.45, 7) is 2.01. The quantitative estimate of drug-likeness (QED) is 0.859. The van der Waals surface area contributed by atoms with E-state index >= 15 is 0 Å². The van der Waals surface area contributed by atoms with Gasteiger partial charge in [-0.15, -0.1) is 0 Å². The number of benzene rings is 1. The molecule has 0 spiro atoms. The van der Waals surface area contributed by atoms with Gasteiger partial charge in [0.25, 0.3) is 0 Å². The monoisotopic (exact) mass is 274 g/mol. The van der Waals surface area contributed by atoms with Gasteiger partial charge in [0.2, 0.25) is 5.91 Å². The minimum Gasteiger partial charge on any atom is -0.273 e. The molecule has 1 fully saturated rings. The van der Waals surface area contributed by atoms with E-state index in [9.17, 15) is 4.79 Å². The standard InChI is InChI=1S/C15H15ClN2O/c1-2-13-17-9-10-18(13)14(19)15(7-8-15)11-3-5-12(16)6-4-11/h3-6,9-10H,2,7-8H2,1H3. The van der Waals surface area contributed by atoms with Gasteiger partial charge in [0.05, 0.1) is 5.41 Å². The van der Waals surface area contributed by atoms with Crippen LogP contribution in [0, 0.1) is 0 Å². The highest BCUT2D eigenvalue weighted by molar-refractivity contribution is 6.30. The van der Waals surface area contributed by atoms with Gasteiger partial charge in [0.15, 0.2) is 0 Å². The van der Waals surface area contributed by atoms with Crippen LogP contribution in [0.4, 0.5) is 0 Å². The topological polar surface area (TPSA) is 34.9 Å². The molecule has 0 amide bonds. The Hall–Kier alpha value is -1.61. The molecule has 4 heteroatoms. The molecule has 2 aromatic rings. The van der Waals surface area contributed by atoms with Crippen LogP contribution in [0.1, 0.15) is 35.9 Å². The zero-order chi connectivity index (χ0) is 13.5. The lowest BCUT2D eigenvalue weighted by molar-refractivity contribution is 0.0859. The lowest BCUT2D eigenvalue weighted by Gasteiger charge is -2.16. The van der Waals surface area contributed by atoms with Crippen LogP contribution in [-0.2, 0) is 11.8 Å². The number of carbonyl (C=O) groups is 1. The van der Waals surface area contributed by atoms with Crippen molar-refractivity contribution in [2.45, 2.75) is 31.6 Å². The second kappa shape index (κ2) is 4.49. The van der Waals surface area contributed by atoms with Crippen LogP contribution in [-0.4, -0.2) is 15.5 Å². The van der Waals surface area contributed by atoms with Crippen LogP contribution in [0.5, 0.6) is 0 Å². The van der Waals surface area contributed by atoms with E-state index in [-0.39, 0.29) is 11.3 Å². The first-order chi connectivity index (χ1) is 9.17. The highest BCUT2D eigenvalue weighted by atomic mass is 35.5. The average molecular weight is 275 g/mol. The van der Waals surface area contributed by atoms with Gasteiger partial charge >= 0.3 is 0 Å². The van der Waals surface area contributed by atoms with Gasteiger partial charge in [-0.25, -0.2) is 4.98 Å². The summed E-state index contributed by atoms with van der Waals surface area (Å²) in [7, 11) is 0. The lowest BCUT2D eigenvalue weighted by Crippen LogP contribution is -2.27. The molecule has 3 rings (SSSR count). The molecule has 19 heavy (non-hydrogen) atoms. The maximum atomic E-state index is 12.7. The zero-order valence-electron chi connectivity index (χ0n) is 10.8. The largest absolute Gasteiger partial charge is 0.273 e. The van der Waals surface area contributed by atoms with Crippen molar-refractivity contribution in [3.63, 3.8) is 0 Å². The minimum absolute atomic E-state index is 0.129. The number of nitrogens with zero attached hydrogens (tertiary/aromatic N) is 2. The summed E-state index contributed by atoms with van der Waals surface area (Å²) in [5.74, 6) is 0.953. The van der Waals surface area contributed by atoms with Crippen molar-refractivity contribution in [2.75, 3.05) is 0 Å². The number of aryl methyl sites for hydroxylation is 1. The van der Waals surface area contributed by atoms with Gasteiger partial charge in [0, 0.05) is 23.8 Å². The Bertz CT molecular complexity index is 611. The molecule has 3 nitrogen and oxygen atoms in total. The van der Waals surface area contributed by atoms with Crippen LogP contribution in [0.2, 0.25) is 5.02 Å². The number of imidazole rings is 1. The zero-order valence-corrected chi connectivity index (χ0v) is 11.5. The first kappa shape index (κ1) is 12.4.